The van der Waals surface area contributed by atoms with E-state index in [1.54, 1.807) is 0 Å². The van der Waals surface area contributed by atoms with E-state index in [1.807, 2.05) is 6.07 Å². The van der Waals surface area contributed by atoms with Crippen LogP contribution in [0.4, 0.5) is 18.9 Å². The van der Waals surface area contributed by atoms with Crippen LogP contribution in [0.1, 0.15) is 19.8 Å². The van der Waals surface area contributed by atoms with Crippen molar-refractivity contribution in [3.63, 3.8) is 0 Å². The third kappa shape index (κ3) is 4.30. The second-order valence-electron chi connectivity index (χ2n) is 4.86. The predicted molar refractivity (Wildman–Crippen MR) is 71.4 cm³/mol. The molecule has 0 N–H and O–H groups in total. The molecule has 1 fully saturated rings. The van der Waals surface area contributed by atoms with Crippen LogP contribution in [0.3, 0.4) is 0 Å². The lowest BCUT2D eigenvalue weighted by atomic mass is 9.99. The van der Waals surface area contributed by atoms with Gasteiger partial charge in [0, 0.05) is 29.3 Å². The Morgan fingerprint density at radius 3 is 2.42 bits per heavy atom. The number of rotatable bonds is 2. The molecule has 1 aliphatic rings. The molecule has 2 nitrogen and oxygen atoms in total. The molecule has 0 atom stereocenters. The number of anilines is 1. The first-order valence-electron chi connectivity index (χ1n) is 6.15. The summed E-state index contributed by atoms with van der Waals surface area (Å²) in [7, 11) is 0. The maximum Gasteiger partial charge on any atom is 0.573 e. The number of benzene rings is 1. The summed E-state index contributed by atoms with van der Waals surface area (Å²) in [5.74, 6) is 0.491. The second-order valence-corrected chi connectivity index (χ2v) is 5.78. The molecule has 0 saturated carbocycles. The smallest absolute Gasteiger partial charge is 0.406 e. The molecule has 2 rings (SSSR count). The van der Waals surface area contributed by atoms with Gasteiger partial charge in [0.05, 0.1) is 0 Å². The summed E-state index contributed by atoms with van der Waals surface area (Å²) in [4.78, 5) is 2.09. The van der Waals surface area contributed by atoms with Gasteiger partial charge in [-0.25, -0.2) is 0 Å². The van der Waals surface area contributed by atoms with Gasteiger partial charge in [0.25, 0.3) is 0 Å². The number of nitrogens with zero attached hydrogens (tertiary/aromatic N) is 1. The van der Waals surface area contributed by atoms with E-state index in [0.29, 0.717) is 10.4 Å². The lowest BCUT2D eigenvalue weighted by molar-refractivity contribution is -0.274. The number of halogens is 4. The molecule has 1 aromatic carbocycles. The minimum absolute atomic E-state index is 0.185. The fraction of sp³-hybridized carbons (Fsp3) is 0.538. The molecule has 1 aliphatic heterocycles. The average Bonchev–Trinajstić information content (AvgIpc) is 2.26. The minimum atomic E-state index is -4.66. The van der Waals surface area contributed by atoms with Crippen LogP contribution < -0.4 is 9.64 Å². The molecule has 6 heteroatoms. The molecule has 0 aromatic heterocycles. The van der Waals surface area contributed by atoms with Gasteiger partial charge in [0.1, 0.15) is 5.75 Å². The van der Waals surface area contributed by atoms with Crippen molar-refractivity contribution < 1.29 is 17.9 Å². The summed E-state index contributed by atoms with van der Waals surface area (Å²) in [6, 6.07) is 4.58. The highest BCUT2D eigenvalue weighted by atomic mass is 79.9. The van der Waals surface area contributed by atoms with Gasteiger partial charge in [-0.1, -0.05) is 22.9 Å². The summed E-state index contributed by atoms with van der Waals surface area (Å²) >= 11 is 3.23. The van der Waals surface area contributed by atoms with Crippen LogP contribution in [0.15, 0.2) is 22.7 Å². The van der Waals surface area contributed by atoms with E-state index in [1.165, 1.54) is 12.1 Å². The lowest BCUT2D eigenvalue weighted by Gasteiger charge is -2.32. The monoisotopic (exact) mass is 337 g/mol. The third-order valence-electron chi connectivity index (χ3n) is 3.24. The SMILES string of the molecule is CC1CCN(c2cc(Br)cc(OC(F)(F)F)c2)CC1. The zero-order valence-electron chi connectivity index (χ0n) is 10.5. The number of hydrogen-bond donors (Lipinski definition) is 0. The van der Waals surface area contributed by atoms with Gasteiger partial charge in [0.15, 0.2) is 0 Å². The van der Waals surface area contributed by atoms with Gasteiger partial charge in [-0.15, -0.1) is 13.2 Å². The Morgan fingerprint density at radius 2 is 1.84 bits per heavy atom. The van der Waals surface area contributed by atoms with E-state index in [9.17, 15) is 13.2 Å². The maximum absolute atomic E-state index is 12.2. The molecule has 0 unspecified atom stereocenters. The normalized spacial score (nSPS) is 17.6. The fourth-order valence-electron chi connectivity index (χ4n) is 2.19. The van der Waals surface area contributed by atoms with Crippen molar-refractivity contribution in [2.45, 2.75) is 26.1 Å². The van der Waals surface area contributed by atoms with E-state index in [0.717, 1.165) is 31.6 Å². The van der Waals surface area contributed by atoms with Crippen molar-refractivity contribution in [1.82, 2.24) is 0 Å². The van der Waals surface area contributed by atoms with Gasteiger partial charge in [-0.05, 0) is 30.9 Å². The van der Waals surface area contributed by atoms with Crippen molar-refractivity contribution >= 4 is 21.6 Å². The lowest BCUT2D eigenvalue weighted by Crippen LogP contribution is -2.32. The van der Waals surface area contributed by atoms with Crippen LogP contribution in [0.5, 0.6) is 5.75 Å². The molecule has 0 spiro atoms. The molecule has 0 aliphatic carbocycles. The standard InChI is InChI=1S/C13H15BrF3NO/c1-9-2-4-18(5-3-9)11-6-10(14)7-12(8-11)19-13(15,16)17/h6-9H,2-5H2,1H3. The number of hydrogen-bond acceptors (Lipinski definition) is 2. The van der Waals surface area contributed by atoms with Gasteiger partial charge in [0.2, 0.25) is 0 Å². The topological polar surface area (TPSA) is 12.5 Å². The Labute approximate surface area is 118 Å². The molecule has 0 amide bonds. The summed E-state index contributed by atoms with van der Waals surface area (Å²) in [5.41, 5.74) is 0.764. The highest BCUT2D eigenvalue weighted by molar-refractivity contribution is 9.10. The molecule has 1 heterocycles. The van der Waals surface area contributed by atoms with Gasteiger partial charge in [-0.2, -0.15) is 0 Å². The molecular formula is C13H15BrF3NO. The summed E-state index contributed by atoms with van der Waals surface area (Å²) in [6.45, 7) is 3.92. The molecule has 0 radical (unpaired) electrons. The van der Waals surface area contributed by atoms with Crippen LogP contribution in [0.25, 0.3) is 0 Å². The van der Waals surface area contributed by atoms with E-state index >= 15 is 0 Å². The van der Waals surface area contributed by atoms with Crippen LogP contribution >= 0.6 is 15.9 Å². The third-order valence-corrected chi connectivity index (χ3v) is 3.70. The maximum atomic E-state index is 12.2. The second kappa shape index (κ2) is 5.61. The van der Waals surface area contributed by atoms with E-state index in [2.05, 4.69) is 32.5 Å². The molecule has 106 valence electrons. The first kappa shape index (κ1) is 14.5. The summed E-state index contributed by atoms with van der Waals surface area (Å²) in [6.07, 6.45) is -2.54. The highest BCUT2D eigenvalue weighted by Gasteiger charge is 2.31. The van der Waals surface area contributed by atoms with Crippen LogP contribution in [-0.4, -0.2) is 19.5 Å². The minimum Gasteiger partial charge on any atom is -0.406 e. The number of ether oxygens (including phenoxy) is 1. The van der Waals surface area contributed by atoms with Crippen molar-refractivity contribution in [2.24, 2.45) is 5.92 Å². The molecule has 1 aromatic rings. The van der Waals surface area contributed by atoms with Crippen molar-refractivity contribution in [3.8, 4) is 5.75 Å². The van der Waals surface area contributed by atoms with E-state index < -0.39 is 6.36 Å². The zero-order chi connectivity index (χ0) is 14.0. The van der Waals surface area contributed by atoms with Gasteiger partial charge < -0.3 is 9.64 Å². The zero-order valence-corrected chi connectivity index (χ0v) is 12.1. The van der Waals surface area contributed by atoms with Crippen LogP contribution in [0, 0.1) is 5.92 Å². The van der Waals surface area contributed by atoms with E-state index in [4.69, 9.17) is 0 Å². The van der Waals surface area contributed by atoms with E-state index in [-0.39, 0.29) is 5.75 Å². The molecular weight excluding hydrogens is 323 g/mol. The summed E-state index contributed by atoms with van der Waals surface area (Å²) < 4.78 is 41.3. The fourth-order valence-corrected chi connectivity index (χ4v) is 2.65. The number of piperidine rings is 1. The highest BCUT2D eigenvalue weighted by Crippen LogP contribution is 2.32. The Balaban J connectivity index is 2.17. The Kier molecular flexibility index (Phi) is 4.28. The van der Waals surface area contributed by atoms with Crippen molar-refractivity contribution in [3.05, 3.63) is 22.7 Å². The first-order valence-corrected chi connectivity index (χ1v) is 6.94. The molecule has 19 heavy (non-hydrogen) atoms. The molecule has 1 saturated heterocycles. The van der Waals surface area contributed by atoms with Gasteiger partial charge >= 0.3 is 6.36 Å². The molecule has 0 bridgehead atoms. The Hall–Kier alpha value is -0.910. The Morgan fingerprint density at radius 1 is 1.21 bits per heavy atom. The van der Waals surface area contributed by atoms with Crippen molar-refractivity contribution in [1.29, 1.82) is 0 Å². The average molecular weight is 338 g/mol. The Bertz CT molecular complexity index is 442. The first-order chi connectivity index (χ1) is 8.83. The largest absolute Gasteiger partial charge is 0.573 e. The quantitative estimate of drug-likeness (QED) is 0.782. The van der Waals surface area contributed by atoms with Crippen LogP contribution in [-0.2, 0) is 0 Å². The van der Waals surface area contributed by atoms with Crippen molar-refractivity contribution in [2.75, 3.05) is 18.0 Å². The van der Waals surface area contributed by atoms with Gasteiger partial charge in [-0.3, -0.25) is 0 Å². The van der Waals surface area contributed by atoms with Crippen LogP contribution in [0.2, 0.25) is 0 Å². The predicted octanol–water partition coefficient (Wildman–Crippen LogP) is 4.58. The number of alkyl halides is 3. The summed E-state index contributed by atoms with van der Waals surface area (Å²) in [5, 5.41) is 0.